The third kappa shape index (κ3) is 5.07. The molecule has 0 saturated heterocycles. The van der Waals surface area contributed by atoms with Gasteiger partial charge in [-0.2, -0.15) is 0 Å². The molecule has 0 spiro atoms. The summed E-state index contributed by atoms with van der Waals surface area (Å²) in [5.41, 5.74) is 2.91. The number of hydrogen-bond donors (Lipinski definition) is 2. The second-order valence-electron chi connectivity index (χ2n) is 3.80. The van der Waals surface area contributed by atoms with Crippen LogP contribution in [0.4, 0.5) is 0 Å². The van der Waals surface area contributed by atoms with Crippen LogP contribution >= 0.6 is 11.8 Å². The molecule has 18 heavy (non-hydrogen) atoms. The highest BCUT2D eigenvalue weighted by Gasteiger charge is 2.20. The van der Waals surface area contributed by atoms with Gasteiger partial charge in [-0.05, 0) is 5.56 Å². The van der Waals surface area contributed by atoms with Crippen LogP contribution in [0.3, 0.4) is 0 Å². The minimum atomic E-state index is -3.02. The lowest BCUT2D eigenvalue weighted by atomic mass is 10.1. The average molecular weight is 288 g/mol. The fourth-order valence-electron chi connectivity index (χ4n) is 1.34. The first-order valence-electron chi connectivity index (χ1n) is 5.29. The molecule has 1 amide bonds. The van der Waals surface area contributed by atoms with Crippen molar-refractivity contribution < 1.29 is 13.2 Å². The molecule has 1 rings (SSSR count). The van der Waals surface area contributed by atoms with Crippen molar-refractivity contribution in [2.75, 3.05) is 17.8 Å². The maximum absolute atomic E-state index is 11.7. The van der Waals surface area contributed by atoms with Crippen LogP contribution in [0, 0.1) is 0 Å². The van der Waals surface area contributed by atoms with Crippen LogP contribution in [0.25, 0.3) is 0 Å². The van der Waals surface area contributed by atoms with Crippen LogP contribution in [0.1, 0.15) is 10.8 Å². The Bertz CT molecular complexity index is 488. The third-order valence-corrected chi connectivity index (χ3v) is 4.68. The monoisotopic (exact) mass is 288 g/mol. The number of nitrogens with one attached hydrogen (secondary N) is 1. The first-order valence-corrected chi connectivity index (χ1v) is 8.39. The molecule has 0 radical (unpaired) electrons. The molecule has 7 heteroatoms. The molecule has 0 saturated carbocycles. The first kappa shape index (κ1) is 15.0. The lowest BCUT2D eigenvalue weighted by molar-refractivity contribution is -0.120. The Kier molecular flexibility index (Phi) is 5.64. The van der Waals surface area contributed by atoms with Gasteiger partial charge in [0, 0.05) is 12.0 Å². The van der Waals surface area contributed by atoms with E-state index in [0.29, 0.717) is 5.75 Å². The van der Waals surface area contributed by atoms with Crippen molar-refractivity contribution in [3.63, 3.8) is 0 Å². The molecular weight excluding hydrogens is 272 g/mol. The van der Waals surface area contributed by atoms with Crippen LogP contribution in [0.2, 0.25) is 0 Å². The van der Waals surface area contributed by atoms with Gasteiger partial charge in [-0.25, -0.2) is 14.3 Å². The number of nitrogens with two attached hydrogens (primary N) is 1. The summed E-state index contributed by atoms with van der Waals surface area (Å²) in [6.45, 7) is 0. The highest BCUT2D eigenvalue weighted by Crippen LogP contribution is 2.28. The third-order valence-electron chi connectivity index (χ3n) is 2.22. The van der Waals surface area contributed by atoms with Gasteiger partial charge in [-0.3, -0.25) is 10.2 Å². The number of thioether (sulfide) groups is 1. The van der Waals surface area contributed by atoms with Gasteiger partial charge in [0.2, 0.25) is 0 Å². The summed E-state index contributed by atoms with van der Waals surface area (Å²) in [4.78, 5) is 11.7. The van der Waals surface area contributed by atoms with E-state index in [1.807, 2.05) is 30.3 Å². The Morgan fingerprint density at radius 3 is 2.50 bits per heavy atom. The SMILES string of the molecule is CS(=O)(=O)CCSC(C(=O)NN)c1ccccc1. The molecule has 0 aliphatic rings. The largest absolute Gasteiger partial charge is 0.293 e. The van der Waals surface area contributed by atoms with E-state index in [2.05, 4.69) is 5.43 Å². The summed E-state index contributed by atoms with van der Waals surface area (Å²) < 4.78 is 22.1. The number of benzene rings is 1. The number of carbonyl (C=O) groups is 1. The van der Waals surface area contributed by atoms with Crippen LogP contribution in [-0.2, 0) is 14.6 Å². The molecule has 0 bridgehead atoms. The standard InChI is InChI=1S/C11H16N2O3S2/c1-18(15,16)8-7-17-10(11(14)13-12)9-5-3-2-4-6-9/h2-6,10H,7-8,12H2,1H3,(H,13,14). The van der Waals surface area contributed by atoms with Crippen LogP contribution < -0.4 is 11.3 Å². The molecule has 0 aliphatic carbocycles. The molecule has 100 valence electrons. The smallest absolute Gasteiger partial charge is 0.251 e. The van der Waals surface area contributed by atoms with Gasteiger partial charge < -0.3 is 0 Å². The molecule has 0 fully saturated rings. The Morgan fingerprint density at radius 2 is 2.00 bits per heavy atom. The van der Waals surface area contributed by atoms with Crippen molar-refractivity contribution in [2.45, 2.75) is 5.25 Å². The maximum Gasteiger partial charge on any atom is 0.251 e. The van der Waals surface area contributed by atoms with Gasteiger partial charge in [-0.15, -0.1) is 11.8 Å². The molecule has 1 atom stereocenters. The topological polar surface area (TPSA) is 89.3 Å². The summed E-state index contributed by atoms with van der Waals surface area (Å²) in [5.74, 6) is 5.20. The number of rotatable bonds is 6. The van der Waals surface area contributed by atoms with Gasteiger partial charge in [0.1, 0.15) is 15.1 Å². The fourth-order valence-corrected chi connectivity index (χ4v) is 3.74. The van der Waals surface area contributed by atoms with Crippen molar-refractivity contribution in [1.29, 1.82) is 0 Å². The fraction of sp³-hybridized carbons (Fsp3) is 0.364. The average Bonchev–Trinajstić information content (AvgIpc) is 2.33. The number of hydrogen-bond acceptors (Lipinski definition) is 5. The predicted molar refractivity (Wildman–Crippen MR) is 73.7 cm³/mol. The second kappa shape index (κ2) is 6.77. The first-order chi connectivity index (χ1) is 8.44. The van der Waals surface area contributed by atoms with Crippen LogP contribution in [0.5, 0.6) is 0 Å². The van der Waals surface area contributed by atoms with E-state index in [4.69, 9.17) is 5.84 Å². The Balaban J connectivity index is 2.72. The molecule has 5 nitrogen and oxygen atoms in total. The molecule has 1 aromatic rings. The van der Waals surface area contributed by atoms with Crippen molar-refractivity contribution in [2.24, 2.45) is 5.84 Å². The van der Waals surface area contributed by atoms with Crippen molar-refractivity contribution in [3.05, 3.63) is 35.9 Å². The van der Waals surface area contributed by atoms with Crippen molar-refractivity contribution in [3.8, 4) is 0 Å². The summed E-state index contributed by atoms with van der Waals surface area (Å²) in [6.07, 6.45) is 1.17. The Hall–Kier alpha value is -1.05. The molecule has 1 aromatic carbocycles. The number of carbonyl (C=O) groups excluding carboxylic acids is 1. The van der Waals surface area contributed by atoms with Crippen molar-refractivity contribution in [1.82, 2.24) is 5.43 Å². The van der Waals surface area contributed by atoms with E-state index < -0.39 is 15.1 Å². The Labute approximate surface area is 111 Å². The molecule has 1 unspecified atom stereocenters. The molecule has 0 heterocycles. The Morgan fingerprint density at radius 1 is 1.39 bits per heavy atom. The van der Waals surface area contributed by atoms with Gasteiger partial charge in [0.25, 0.3) is 5.91 Å². The normalized spacial score (nSPS) is 13.0. The quantitative estimate of drug-likeness (QED) is 0.452. The molecule has 0 aliphatic heterocycles. The van der Waals surface area contributed by atoms with Gasteiger partial charge >= 0.3 is 0 Å². The van der Waals surface area contributed by atoms with Crippen LogP contribution in [0.15, 0.2) is 30.3 Å². The van der Waals surface area contributed by atoms with E-state index in [0.717, 1.165) is 5.56 Å². The number of amides is 1. The summed E-state index contributed by atoms with van der Waals surface area (Å²) >= 11 is 1.26. The van der Waals surface area contributed by atoms with Crippen LogP contribution in [-0.4, -0.2) is 32.1 Å². The predicted octanol–water partition coefficient (Wildman–Crippen LogP) is 0.495. The number of sulfone groups is 1. The maximum atomic E-state index is 11.7. The van der Waals surface area contributed by atoms with E-state index in [1.54, 1.807) is 0 Å². The highest BCUT2D eigenvalue weighted by molar-refractivity contribution is 8.01. The van der Waals surface area contributed by atoms with Gasteiger partial charge in [0.05, 0.1) is 5.75 Å². The molecule has 0 aromatic heterocycles. The zero-order chi connectivity index (χ0) is 13.6. The zero-order valence-corrected chi connectivity index (χ0v) is 11.6. The van der Waals surface area contributed by atoms with E-state index in [9.17, 15) is 13.2 Å². The lowest BCUT2D eigenvalue weighted by Crippen LogP contribution is -2.34. The summed E-state index contributed by atoms with van der Waals surface area (Å²) in [6, 6.07) is 9.12. The summed E-state index contributed by atoms with van der Waals surface area (Å²) in [5, 5.41) is -0.488. The van der Waals surface area contributed by atoms with E-state index in [1.165, 1.54) is 18.0 Å². The second-order valence-corrected chi connectivity index (χ2v) is 7.27. The van der Waals surface area contributed by atoms with Gasteiger partial charge in [0.15, 0.2) is 0 Å². The summed E-state index contributed by atoms with van der Waals surface area (Å²) in [7, 11) is -3.02. The van der Waals surface area contributed by atoms with E-state index >= 15 is 0 Å². The van der Waals surface area contributed by atoms with Crippen molar-refractivity contribution >= 4 is 27.5 Å². The highest BCUT2D eigenvalue weighted by atomic mass is 32.2. The van der Waals surface area contributed by atoms with E-state index in [-0.39, 0.29) is 11.7 Å². The lowest BCUT2D eigenvalue weighted by Gasteiger charge is -2.14. The molecule has 3 N–H and O–H groups in total. The van der Waals surface area contributed by atoms with Gasteiger partial charge in [-0.1, -0.05) is 30.3 Å². The minimum Gasteiger partial charge on any atom is -0.293 e. The zero-order valence-electron chi connectivity index (χ0n) is 10.00. The molecular formula is C11H16N2O3S2. The minimum absolute atomic E-state index is 0.0405. The number of hydrazine groups is 1.